The Morgan fingerprint density at radius 1 is 0.545 bits per heavy atom. The van der Waals surface area contributed by atoms with Crippen molar-refractivity contribution in [3.05, 3.63) is 162 Å². The van der Waals surface area contributed by atoms with Gasteiger partial charge in [0.05, 0.1) is 16.6 Å². The molecule has 7 aromatic rings. The SMILES string of the molecule is C1=CCC(c2ccc(-n3c4c(c5cc6c7ccccc7n(-c7ccc(-c8ccccc8)cc7)c6cc53)CCC=C4)cc2)C=C1. The van der Waals surface area contributed by atoms with E-state index in [0.29, 0.717) is 5.92 Å². The van der Waals surface area contributed by atoms with Crippen LogP contribution in [0.2, 0.25) is 0 Å². The molecule has 0 amide bonds. The smallest absolute Gasteiger partial charge is 0.0562 e. The Labute approximate surface area is 257 Å². The zero-order chi connectivity index (χ0) is 29.0. The van der Waals surface area contributed by atoms with Gasteiger partial charge in [-0.1, -0.05) is 103 Å². The number of rotatable bonds is 4. The van der Waals surface area contributed by atoms with Gasteiger partial charge in [0.2, 0.25) is 0 Å². The lowest BCUT2D eigenvalue weighted by molar-refractivity contribution is 0.852. The highest BCUT2D eigenvalue weighted by Gasteiger charge is 2.22. The minimum absolute atomic E-state index is 0.452. The number of aryl methyl sites for hydroxylation is 1. The summed E-state index contributed by atoms with van der Waals surface area (Å²) in [5.41, 5.74) is 12.8. The predicted molar refractivity (Wildman–Crippen MR) is 186 cm³/mol. The number of para-hydroxylation sites is 1. The van der Waals surface area contributed by atoms with Crippen molar-refractivity contribution in [2.45, 2.75) is 25.2 Å². The Hall–Kier alpha value is -5.34. The second-order valence-corrected chi connectivity index (χ2v) is 12.0. The quantitative estimate of drug-likeness (QED) is 0.201. The molecule has 1 unspecified atom stereocenters. The maximum absolute atomic E-state index is 2.49. The molecule has 0 N–H and O–H groups in total. The number of benzene rings is 5. The number of hydrogen-bond donors (Lipinski definition) is 0. The number of allylic oxidation sites excluding steroid dienone is 5. The molecule has 0 spiro atoms. The fourth-order valence-electron chi connectivity index (χ4n) is 7.38. The van der Waals surface area contributed by atoms with E-state index >= 15 is 0 Å². The molecular formula is C42H32N2. The highest BCUT2D eigenvalue weighted by atomic mass is 15.0. The zero-order valence-corrected chi connectivity index (χ0v) is 24.5. The number of hydrogen-bond acceptors (Lipinski definition) is 0. The van der Waals surface area contributed by atoms with Crippen LogP contribution >= 0.6 is 0 Å². The second kappa shape index (κ2) is 10.1. The molecule has 2 aromatic heterocycles. The minimum Gasteiger partial charge on any atom is -0.310 e. The van der Waals surface area contributed by atoms with Crippen molar-refractivity contribution < 1.29 is 0 Å². The van der Waals surface area contributed by atoms with Crippen LogP contribution in [-0.4, -0.2) is 9.13 Å². The molecule has 0 saturated heterocycles. The van der Waals surface area contributed by atoms with Crippen LogP contribution in [0.4, 0.5) is 0 Å². The summed E-state index contributed by atoms with van der Waals surface area (Å²) in [5, 5.41) is 3.97. The van der Waals surface area contributed by atoms with Crippen LogP contribution in [0.15, 0.2) is 146 Å². The Bertz CT molecular complexity index is 2270. The fourth-order valence-corrected chi connectivity index (χ4v) is 7.38. The minimum atomic E-state index is 0.452. The summed E-state index contributed by atoms with van der Waals surface area (Å²) in [6.45, 7) is 0. The maximum atomic E-state index is 2.49. The normalized spacial score (nSPS) is 15.9. The first-order chi connectivity index (χ1) is 21.8. The third-order valence-corrected chi connectivity index (χ3v) is 9.54. The second-order valence-electron chi connectivity index (χ2n) is 12.0. The Balaban J connectivity index is 1.26. The van der Waals surface area contributed by atoms with Gasteiger partial charge in [-0.25, -0.2) is 0 Å². The van der Waals surface area contributed by atoms with Crippen LogP contribution < -0.4 is 0 Å². The topological polar surface area (TPSA) is 9.86 Å². The Kier molecular flexibility index (Phi) is 5.80. The van der Waals surface area contributed by atoms with Gasteiger partial charge in [-0.15, -0.1) is 0 Å². The van der Waals surface area contributed by atoms with E-state index in [-0.39, 0.29) is 0 Å². The van der Waals surface area contributed by atoms with Gasteiger partial charge in [0.1, 0.15) is 0 Å². The predicted octanol–water partition coefficient (Wildman–Crippen LogP) is 11.0. The third kappa shape index (κ3) is 3.95. The highest BCUT2D eigenvalue weighted by molar-refractivity contribution is 6.14. The van der Waals surface area contributed by atoms with Crippen molar-refractivity contribution in [1.82, 2.24) is 9.13 Å². The van der Waals surface area contributed by atoms with Gasteiger partial charge >= 0.3 is 0 Å². The fraction of sp³-hybridized carbons (Fsp3) is 0.0952. The van der Waals surface area contributed by atoms with Crippen molar-refractivity contribution in [2.75, 3.05) is 0 Å². The van der Waals surface area contributed by atoms with E-state index < -0.39 is 0 Å². The molecule has 44 heavy (non-hydrogen) atoms. The molecule has 1 atom stereocenters. The summed E-state index contributed by atoms with van der Waals surface area (Å²) in [7, 11) is 0. The van der Waals surface area contributed by atoms with E-state index in [1.807, 2.05) is 0 Å². The molecule has 0 radical (unpaired) electrons. The van der Waals surface area contributed by atoms with Crippen molar-refractivity contribution >= 4 is 38.8 Å². The first kappa shape index (κ1) is 25.2. The van der Waals surface area contributed by atoms with Gasteiger partial charge in [-0.2, -0.15) is 0 Å². The van der Waals surface area contributed by atoms with Crippen LogP contribution in [0, 0.1) is 0 Å². The first-order valence-electron chi connectivity index (χ1n) is 15.7. The van der Waals surface area contributed by atoms with Gasteiger partial charge in [-0.3, -0.25) is 0 Å². The summed E-state index contributed by atoms with van der Waals surface area (Å²) in [6.07, 6.45) is 16.8. The van der Waals surface area contributed by atoms with Gasteiger partial charge in [0, 0.05) is 39.1 Å². The molecule has 0 bridgehead atoms. The van der Waals surface area contributed by atoms with E-state index in [2.05, 4.69) is 161 Å². The summed E-state index contributed by atoms with van der Waals surface area (Å²) < 4.78 is 4.93. The summed E-state index contributed by atoms with van der Waals surface area (Å²) in [5.74, 6) is 0.452. The lowest BCUT2D eigenvalue weighted by Gasteiger charge is -2.16. The van der Waals surface area contributed by atoms with Crippen molar-refractivity contribution in [2.24, 2.45) is 0 Å². The molecule has 2 heteroatoms. The average Bonchev–Trinajstić information content (AvgIpc) is 3.60. The van der Waals surface area contributed by atoms with E-state index in [1.165, 1.54) is 72.0 Å². The first-order valence-corrected chi connectivity index (χ1v) is 15.7. The lowest BCUT2D eigenvalue weighted by Crippen LogP contribution is -2.02. The Morgan fingerprint density at radius 3 is 2.09 bits per heavy atom. The average molecular weight is 565 g/mol. The molecule has 0 aliphatic heterocycles. The summed E-state index contributed by atoms with van der Waals surface area (Å²) in [6, 6.07) is 42.6. The molecular weight excluding hydrogens is 532 g/mol. The van der Waals surface area contributed by atoms with Crippen LogP contribution in [-0.2, 0) is 6.42 Å². The van der Waals surface area contributed by atoms with Crippen molar-refractivity contribution in [1.29, 1.82) is 0 Å². The molecule has 2 heterocycles. The highest BCUT2D eigenvalue weighted by Crippen LogP contribution is 2.40. The van der Waals surface area contributed by atoms with Crippen LogP contribution in [0.3, 0.4) is 0 Å². The maximum Gasteiger partial charge on any atom is 0.0562 e. The van der Waals surface area contributed by atoms with Gasteiger partial charge < -0.3 is 9.13 Å². The molecule has 0 fully saturated rings. The van der Waals surface area contributed by atoms with E-state index in [1.54, 1.807) is 0 Å². The van der Waals surface area contributed by atoms with E-state index in [4.69, 9.17) is 0 Å². The van der Waals surface area contributed by atoms with Gasteiger partial charge in [-0.05, 0) is 90.1 Å². The summed E-state index contributed by atoms with van der Waals surface area (Å²) >= 11 is 0. The third-order valence-electron chi connectivity index (χ3n) is 9.54. The number of aromatic nitrogens is 2. The van der Waals surface area contributed by atoms with E-state index in [0.717, 1.165) is 19.3 Å². The Morgan fingerprint density at radius 2 is 1.27 bits per heavy atom. The summed E-state index contributed by atoms with van der Waals surface area (Å²) in [4.78, 5) is 0. The monoisotopic (exact) mass is 564 g/mol. The largest absolute Gasteiger partial charge is 0.310 e. The molecule has 2 aliphatic carbocycles. The molecule has 2 aliphatic rings. The van der Waals surface area contributed by atoms with Crippen LogP contribution in [0.1, 0.15) is 35.6 Å². The van der Waals surface area contributed by atoms with E-state index in [9.17, 15) is 0 Å². The molecule has 2 nitrogen and oxygen atoms in total. The van der Waals surface area contributed by atoms with Gasteiger partial charge in [0.15, 0.2) is 0 Å². The molecule has 9 rings (SSSR count). The van der Waals surface area contributed by atoms with Gasteiger partial charge in [0.25, 0.3) is 0 Å². The molecule has 0 saturated carbocycles. The molecule has 5 aromatic carbocycles. The van der Waals surface area contributed by atoms with Crippen molar-refractivity contribution in [3.8, 4) is 22.5 Å². The zero-order valence-electron chi connectivity index (χ0n) is 24.5. The lowest BCUT2D eigenvalue weighted by atomic mass is 9.92. The van der Waals surface area contributed by atoms with Crippen LogP contribution in [0.5, 0.6) is 0 Å². The standard InChI is InChI=1S/C42H32N2/c1-3-11-29(12-4-1)31-19-23-33(24-20-31)43-39-17-9-7-15-35(39)37-27-38-36-16-8-10-18-40(36)44(42(38)28-41(37)43)34-25-21-32(22-26-34)30-13-5-2-6-14-30/h1-7,9-13,15,17-28,30H,8,14,16H2. The number of fused-ring (bicyclic) bond motifs is 6. The molecule has 210 valence electrons. The van der Waals surface area contributed by atoms with Crippen molar-refractivity contribution in [3.63, 3.8) is 0 Å². The number of nitrogens with zero attached hydrogens (tertiary/aromatic N) is 2. The van der Waals surface area contributed by atoms with Crippen LogP contribution in [0.25, 0.3) is 61.3 Å².